The molecule has 0 aliphatic heterocycles. The SMILES string of the molecule is CC1CC1C(=O)NC1CCCCC1Br. The summed E-state index contributed by atoms with van der Waals surface area (Å²) in [7, 11) is 0. The third-order valence-electron chi connectivity index (χ3n) is 3.46. The molecule has 0 heterocycles. The molecule has 0 aromatic carbocycles. The molecule has 0 aromatic rings. The van der Waals surface area contributed by atoms with Crippen molar-refractivity contribution in [3.63, 3.8) is 0 Å². The number of carbonyl (C=O) groups excluding carboxylic acids is 1. The molecule has 1 N–H and O–H groups in total. The Labute approximate surface area is 94.0 Å². The minimum Gasteiger partial charge on any atom is -0.352 e. The predicted octanol–water partition coefficient (Wildman–Crippen LogP) is 2.46. The van der Waals surface area contributed by atoms with Gasteiger partial charge in [-0.05, 0) is 25.2 Å². The van der Waals surface area contributed by atoms with Gasteiger partial charge in [0.2, 0.25) is 5.91 Å². The van der Waals surface area contributed by atoms with E-state index in [0.29, 0.717) is 22.7 Å². The van der Waals surface area contributed by atoms with Crippen molar-refractivity contribution in [1.29, 1.82) is 0 Å². The topological polar surface area (TPSA) is 29.1 Å². The van der Waals surface area contributed by atoms with Gasteiger partial charge in [-0.3, -0.25) is 4.79 Å². The number of nitrogens with one attached hydrogen (secondary N) is 1. The van der Waals surface area contributed by atoms with Gasteiger partial charge in [0.05, 0.1) is 0 Å². The lowest BCUT2D eigenvalue weighted by Gasteiger charge is -2.28. The lowest BCUT2D eigenvalue weighted by Crippen LogP contribution is -2.43. The largest absolute Gasteiger partial charge is 0.352 e. The monoisotopic (exact) mass is 259 g/mol. The second kappa shape index (κ2) is 4.21. The quantitative estimate of drug-likeness (QED) is 0.759. The molecule has 0 bridgehead atoms. The second-order valence-corrected chi connectivity index (χ2v) is 5.91. The van der Waals surface area contributed by atoms with E-state index in [1.165, 1.54) is 19.3 Å². The molecular formula is C11H18BrNO. The highest BCUT2D eigenvalue weighted by molar-refractivity contribution is 9.09. The van der Waals surface area contributed by atoms with Crippen molar-refractivity contribution in [2.75, 3.05) is 0 Å². The molecule has 1 amide bonds. The summed E-state index contributed by atoms with van der Waals surface area (Å²) in [5.41, 5.74) is 0. The lowest BCUT2D eigenvalue weighted by molar-refractivity contribution is -0.123. The molecule has 80 valence electrons. The smallest absolute Gasteiger partial charge is 0.223 e. The fourth-order valence-electron chi connectivity index (χ4n) is 2.23. The zero-order chi connectivity index (χ0) is 10.1. The van der Waals surface area contributed by atoms with Gasteiger partial charge in [-0.1, -0.05) is 35.7 Å². The fraction of sp³-hybridized carbons (Fsp3) is 0.909. The van der Waals surface area contributed by atoms with E-state index in [0.717, 1.165) is 12.8 Å². The summed E-state index contributed by atoms with van der Waals surface area (Å²) in [6.07, 6.45) is 5.98. The molecule has 2 rings (SSSR count). The Kier molecular flexibility index (Phi) is 3.15. The molecule has 0 aromatic heterocycles. The van der Waals surface area contributed by atoms with Crippen molar-refractivity contribution in [2.24, 2.45) is 11.8 Å². The molecule has 14 heavy (non-hydrogen) atoms. The van der Waals surface area contributed by atoms with Crippen molar-refractivity contribution >= 4 is 21.8 Å². The second-order valence-electron chi connectivity index (χ2n) is 4.74. The van der Waals surface area contributed by atoms with Crippen molar-refractivity contribution in [1.82, 2.24) is 5.32 Å². The van der Waals surface area contributed by atoms with Gasteiger partial charge in [-0.15, -0.1) is 0 Å². The molecule has 3 heteroatoms. The number of carbonyl (C=O) groups is 1. The van der Waals surface area contributed by atoms with Crippen LogP contribution in [-0.2, 0) is 4.79 Å². The van der Waals surface area contributed by atoms with Crippen LogP contribution in [0.3, 0.4) is 0 Å². The maximum atomic E-state index is 11.7. The third kappa shape index (κ3) is 2.30. The van der Waals surface area contributed by atoms with Crippen LogP contribution in [0, 0.1) is 11.8 Å². The zero-order valence-corrected chi connectivity index (χ0v) is 10.2. The van der Waals surface area contributed by atoms with E-state index >= 15 is 0 Å². The van der Waals surface area contributed by atoms with Crippen molar-refractivity contribution in [3.05, 3.63) is 0 Å². The molecule has 0 spiro atoms. The molecule has 2 nitrogen and oxygen atoms in total. The Balaban J connectivity index is 1.80. The van der Waals surface area contributed by atoms with Crippen LogP contribution in [0.2, 0.25) is 0 Å². The Morgan fingerprint density at radius 2 is 2.00 bits per heavy atom. The average Bonchev–Trinajstić information content (AvgIpc) is 2.87. The highest BCUT2D eigenvalue weighted by atomic mass is 79.9. The molecular weight excluding hydrogens is 242 g/mol. The first-order chi connectivity index (χ1) is 6.68. The van der Waals surface area contributed by atoms with Gasteiger partial charge in [0, 0.05) is 16.8 Å². The van der Waals surface area contributed by atoms with E-state index in [9.17, 15) is 4.79 Å². The highest BCUT2D eigenvalue weighted by Crippen LogP contribution is 2.38. The fourth-order valence-corrected chi connectivity index (χ4v) is 2.95. The van der Waals surface area contributed by atoms with Crippen molar-refractivity contribution in [2.45, 2.75) is 49.9 Å². The van der Waals surface area contributed by atoms with E-state index in [1.54, 1.807) is 0 Å². The molecule has 2 saturated carbocycles. The summed E-state index contributed by atoms with van der Waals surface area (Å²) < 4.78 is 0. The molecule has 0 saturated heterocycles. The van der Waals surface area contributed by atoms with E-state index in [4.69, 9.17) is 0 Å². The normalized spacial score (nSPS) is 41.9. The van der Waals surface area contributed by atoms with Gasteiger partial charge in [-0.2, -0.15) is 0 Å². The van der Waals surface area contributed by atoms with Crippen LogP contribution in [0.4, 0.5) is 0 Å². The first kappa shape index (κ1) is 10.5. The van der Waals surface area contributed by atoms with Gasteiger partial charge in [-0.25, -0.2) is 0 Å². The number of alkyl halides is 1. The van der Waals surface area contributed by atoms with Crippen LogP contribution in [-0.4, -0.2) is 16.8 Å². The number of amides is 1. The van der Waals surface area contributed by atoms with Gasteiger partial charge >= 0.3 is 0 Å². The highest BCUT2D eigenvalue weighted by Gasteiger charge is 2.40. The van der Waals surface area contributed by atoms with Crippen molar-refractivity contribution in [3.8, 4) is 0 Å². The van der Waals surface area contributed by atoms with Gasteiger partial charge in [0.1, 0.15) is 0 Å². The van der Waals surface area contributed by atoms with Crippen LogP contribution >= 0.6 is 15.9 Å². The standard InChI is InChI=1S/C11H18BrNO/c1-7-6-8(7)11(14)13-10-5-3-2-4-9(10)12/h7-10H,2-6H2,1H3,(H,13,14). The molecule has 2 fully saturated rings. The zero-order valence-electron chi connectivity index (χ0n) is 8.63. The number of hydrogen-bond acceptors (Lipinski definition) is 1. The molecule has 4 atom stereocenters. The molecule has 4 unspecified atom stereocenters. The summed E-state index contributed by atoms with van der Waals surface area (Å²) in [5.74, 6) is 1.22. The van der Waals surface area contributed by atoms with Crippen LogP contribution in [0.15, 0.2) is 0 Å². The van der Waals surface area contributed by atoms with E-state index in [2.05, 4.69) is 28.2 Å². The van der Waals surface area contributed by atoms with Gasteiger partial charge in [0.15, 0.2) is 0 Å². The molecule has 0 radical (unpaired) electrons. The van der Waals surface area contributed by atoms with Crippen molar-refractivity contribution < 1.29 is 4.79 Å². The maximum absolute atomic E-state index is 11.7. The van der Waals surface area contributed by atoms with Gasteiger partial charge < -0.3 is 5.32 Å². The Hall–Kier alpha value is -0.0500. The Morgan fingerprint density at radius 3 is 2.57 bits per heavy atom. The van der Waals surface area contributed by atoms with Crippen LogP contribution < -0.4 is 5.32 Å². The van der Waals surface area contributed by atoms with E-state index in [-0.39, 0.29) is 5.91 Å². The van der Waals surface area contributed by atoms with Gasteiger partial charge in [0.25, 0.3) is 0 Å². The summed E-state index contributed by atoms with van der Waals surface area (Å²) >= 11 is 3.65. The average molecular weight is 260 g/mol. The summed E-state index contributed by atoms with van der Waals surface area (Å²) in [6, 6.07) is 0.379. The Bertz CT molecular complexity index is 231. The predicted molar refractivity (Wildman–Crippen MR) is 60.4 cm³/mol. The minimum absolute atomic E-state index is 0.286. The van der Waals surface area contributed by atoms with Crippen LogP contribution in [0.25, 0.3) is 0 Å². The van der Waals surface area contributed by atoms with Crippen LogP contribution in [0.5, 0.6) is 0 Å². The number of halogens is 1. The maximum Gasteiger partial charge on any atom is 0.223 e. The van der Waals surface area contributed by atoms with Crippen LogP contribution in [0.1, 0.15) is 39.0 Å². The number of hydrogen-bond donors (Lipinski definition) is 1. The summed E-state index contributed by atoms with van der Waals surface area (Å²) in [4.78, 5) is 12.2. The number of rotatable bonds is 2. The van der Waals surface area contributed by atoms with E-state index < -0.39 is 0 Å². The minimum atomic E-state index is 0.286. The molecule has 2 aliphatic carbocycles. The first-order valence-electron chi connectivity index (χ1n) is 5.63. The third-order valence-corrected chi connectivity index (χ3v) is 4.55. The summed E-state index contributed by atoms with van der Waals surface area (Å²) in [6.45, 7) is 2.15. The Morgan fingerprint density at radius 1 is 1.36 bits per heavy atom. The lowest BCUT2D eigenvalue weighted by atomic mass is 9.95. The first-order valence-corrected chi connectivity index (χ1v) is 6.54. The summed E-state index contributed by atoms with van der Waals surface area (Å²) in [5, 5.41) is 3.18. The molecule has 2 aliphatic rings. The van der Waals surface area contributed by atoms with E-state index in [1.807, 2.05) is 0 Å².